The SMILES string of the molecule is CCCCCCN1COc2ccc3c(c2C1)OCC(c1ccc(OC)cc1)C3=O. The van der Waals surface area contributed by atoms with Crippen LogP contribution in [-0.4, -0.2) is 37.7 Å². The lowest BCUT2D eigenvalue weighted by molar-refractivity contribution is 0.0838. The first-order valence-corrected chi connectivity index (χ1v) is 10.5. The van der Waals surface area contributed by atoms with Crippen LogP contribution in [0.3, 0.4) is 0 Å². The van der Waals surface area contributed by atoms with Gasteiger partial charge in [-0.3, -0.25) is 9.69 Å². The summed E-state index contributed by atoms with van der Waals surface area (Å²) < 4.78 is 17.3. The zero-order chi connectivity index (χ0) is 20.2. The molecule has 0 saturated heterocycles. The van der Waals surface area contributed by atoms with Gasteiger partial charge in [-0.2, -0.15) is 0 Å². The topological polar surface area (TPSA) is 48.0 Å². The number of hydrogen-bond donors (Lipinski definition) is 0. The van der Waals surface area contributed by atoms with Crippen molar-refractivity contribution in [1.82, 2.24) is 4.90 Å². The zero-order valence-electron chi connectivity index (χ0n) is 17.3. The first-order chi connectivity index (χ1) is 14.2. The van der Waals surface area contributed by atoms with Crippen molar-refractivity contribution in [1.29, 1.82) is 0 Å². The number of carbonyl (C=O) groups is 1. The van der Waals surface area contributed by atoms with E-state index in [1.165, 1.54) is 25.7 Å². The third-order valence-electron chi connectivity index (χ3n) is 5.82. The first-order valence-electron chi connectivity index (χ1n) is 10.5. The van der Waals surface area contributed by atoms with Crippen LogP contribution >= 0.6 is 0 Å². The van der Waals surface area contributed by atoms with Gasteiger partial charge in [0.05, 0.1) is 24.2 Å². The van der Waals surface area contributed by atoms with Gasteiger partial charge in [-0.05, 0) is 36.2 Å². The summed E-state index contributed by atoms with van der Waals surface area (Å²) in [6.45, 7) is 4.95. The van der Waals surface area contributed by atoms with E-state index in [0.29, 0.717) is 24.7 Å². The summed E-state index contributed by atoms with van der Waals surface area (Å²) in [5.74, 6) is 2.14. The zero-order valence-corrected chi connectivity index (χ0v) is 17.3. The van der Waals surface area contributed by atoms with E-state index in [4.69, 9.17) is 14.2 Å². The van der Waals surface area contributed by atoms with Gasteiger partial charge in [0.15, 0.2) is 5.78 Å². The van der Waals surface area contributed by atoms with E-state index in [0.717, 1.165) is 35.7 Å². The fourth-order valence-electron chi connectivity index (χ4n) is 4.10. The van der Waals surface area contributed by atoms with Gasteiger partial charge in [-0.1, -0.05) is 38.3 Å². The predicted octanol–water partition coefficient (Wildman–Crippen LogP) is 4.79. The van der Waals surface area contributed by atoms with Gasteiger partial charge in [0.1, 0.15) is 30.6 Å². The molecule has 0 aliphatic carbocycles. The molecule has 5 nitrogen and oxygen atoms in total. The summed E-state index contributed by atoms with van der Waals surface area (Å²) in [6, 6.07) is 11.4. The largest absolute Gasteiger partial charge is 0.497 e. The molecule has 1 unspecified atom stereocenters. The normalized spacial score (nSPS) is 18.4. The number of nitrogens with zero attached hydrogens (tertiary/aromatic N) is 1. The molecular weight excluding hydrogens is 366 g/mol. The van der Waals surface area contributed by atoms with Crippen molar-refractivity contribution in [3.63, 3.8) is 0 Å². The minimum Gasteiger partial charge on any atom is -0.497 e. The highest BCUT2D eigenvalue weighted by Crippen LogP contribution is 2.41. The Bertz CT molecular complexity index is 862. The van der Waals surface area contributed by atoms with Crippen LogP contribution in [0.25, 0.3) is 0 Å². The summed E-state index contributed by atoms with van der Waals surface area (Å²) in [7, 11) is 1.64. The first kappa shape index (κ1) is 19.8. The maximum atomic E-state index is 13.2. The molecule has 0 radical (unpaired) electrons. The number of ether oxygens (including phenoxy) is 3. The Morgan fingerprint density at radius 1 is 1.07 bits per heavy atom. The van der Waals surface area contributed by atoms with Crippen molar-refractivity contribution >= 4 is 5.78 Å². The maximum absolute atomic E-state index is 13.2. The number of ketones is 1. The molecule has 0 aromatic heterocycles. The Kier molecular flexibility index (Phi) is 6.05. The monoisotopic (exact) mass is 395 g/mol. The Morgan fingerprint density at radius 3 is 2.66 bits per heavy atom. The van der Waals surface area contributed by atoms with E-state index in [9.17, 15) is 4.79 Å². The minimum atomic E-state index is -0.291. The molecule has 154 valence electrons. The van der Waals surface area contributed by atoms with E-state index in [1.807, 2.05) is 36.4 Å². The maximum Gasteiger partial charge on any atom is 0.177 e. The van der Waals surface area contributed by atoms with Gasteiger partial charge in [-0.15, -0.1) is 0 Å². The number of fused-ring (bicyclic) bond motifs is 3. The van der Waals surface area contributed by atoms with Crippen molar-refractivity contribution in [2.45, 2.75) is 45.1 Å². The van der Waals surface area contributed by atoms with Crippen LogP contribution in [0.5, 0.6) is 17.2 Å². The van der Waals surface area contributed by atoms with Gasteiger partial charge in [-0.25, -0.2) is 0 Å². The van der Waals surface area contributed by atoms with Crippen LogP contribution in [0.15, 0.2) is 36.4 Å². The number of carbonyl (C=O) groups excluding carboxylic acids is 1. The smallest absolute Gasteiger partial charge is 0.177 e. The molecule has 2 heterocycles. The number of Topliss-reactive ketones (excluding diaryl/α,β-unsaturated/α-hetero) is 1. The molecule has 0 spiro atoms. The number of methoxy groups -OCH3 is 1. The summed E-state index contributed by atoms with van der Waals surface area (Å²) in [6.07, 6.45) is 4.91. The molecule has 2 aliphatic heterocycles. The van der Waals surface area contributed by atoms with Crippen molar-refractivity contribution in [3.8, 4) is 17.2 Å². The van der Waals surface area contributed by atoms with E-state index in [1.54, 1.807) is 7.11 Å². The minimum absolute atomic E-state index is 0.110. The van der Waals surface area contributed by atoms with Crippen LogP contribution in [-0.2, 0) is 6.54 Å². The Labute approximate surface area is 172 Å². The standard InChI is InChI=1S/C24H29NO4/c1-3-4-5-6-13-25-14-20-22(29-16-25)12-11-19-23(26)21(15-28-24(19)20)17-7-9-18(27-2)10-8-17/h7-12,21H,3-6,13-16H2,1-2H3. The number of unbranched alkanes of at least 4 members (excludes halogenated alkanes) is 3. The Hall–Kier alpha value is -2.53. The second kappa shape index (κ2) is 8.87. The molecule has 4 rings (SSSR count). The van der Waals surface area contributed by atoms with Gasteiger partial charge in [0.2, 0.25) is 0 Å². The summed E-state index contributed by atoms with van der Waals surface area (Å²) in [5.41, 5.74) is 2.62. The van der Waals surface area contributed by atoms with Gasteiger partial charge >= 0.3 is 0 Å². The summed E-state index contributed by atoms with van der Waals surface area (Å²) in [4.78, 5) is 15.5. The molecule has 0 N–H and O–H groups in total. The molecule has 0 bridgehead atoms. The molecule has 1 atom stereocenters. The Balaban J connectivity index is 1.52. The average molecular weight is 395 g/mol. The van der Waals surface area contributed by atoms with E-state index >= 15 is 0 Å². The van der Waals surface area contributed by atoms with Crippen LogP contribution in [0.4, 0.5) is 0 Å². The van der Waals surface area contributed by atoms with Crippen molar-refractivity contribution < 1.29 is 19.0 Å². The lowest BCUT2D eigenvalue weighted by Gasteiger charge is -2.33. The van der Waals surface area contributed by atoms with Crippen LogP contribution in [0.1, 0.15) is 60.0 Å². The molecule has 5 heteroatoms. The second-order valence-electron chi connectivity index (χ2n) is 7.81. The Morgan fingerprint density at radius 2 is 1.90 bits per heavy atom. The van der Waals surface area contributed by atoms with E-state index in [2.05, 4.69) is 11.8 Å². The van der Waals surface area contributed by atoms with Gasteiger partial charge in [0, 0.05) is 13.1 Å². The highest BCUT2D eigenvalue weighted by molar-refractivity contribution is 6.04. The summed E-state index contributed by atoms with van der Waals surface area (Å²) in [5, 5.41) is 0. The van der Waals surface area contributed by atoms with Crippen molar-refractivity contribution in [3.05, 3.63) is 53.1 Å². The molecule has 2 aromatic carbocycles. The van der Waals surface area contributed by atoms with Gasteiger partial charge < -0.3 is 14.2 Å². The molecule has 0 fully saturated rings. The lowest BCUT2D eigenvalue weighted by atomic mass is 9.87. The van der Waals surface area contributed by atoms with Gasteiger partial charge in [0.25, 0.3) is 0 Å². The average Bonchev–Trinajstić information content (AvgIpc) is 2.77. The predicted molar refractivity (Wildman–Crippen MR) is 112 cm³/mol. The van der Waals surface area contributed by atoms with Crippen molar-refractivity contribution in [2.24, 2.45) is 0 Å². The van der Waals surface area contributed by atoms with Crippen molar-refractivity contribution in [2.75, 3.05) is 27.0 Å². The number of hydrogen-bond acceptors (Lipinski definition) is 5. The number of rotatable bonds is 7. The van der Waals surface area contributed by atoms with E-state index in [-0.39, 0.29) is 11.7 Å². The molecule has 29 heavy (non-hydrogen) atoms. The third kappa shape index (κ3) is 4.10. The fourth-order valence-corrected chi connectivity index (χ4v) is 4.10. The second-order valence-corrected chi connectivity index (χ2v) is 7.81. The quantitative estimate of drug-likeness (QED) is 0.631. The summed E-state index contributed by atoms with van der Waals surface area (Å²) >= 11 is 0. The fraction of sp³-hybridized carbons (Fsp3) is 0.458. The van der Waals surface area contributed by atoms with Crippen LogP contribution in [0, 0.1) is 0 Å². The molecule has 0 saturated carbocycles. The van der Waals surface area contributed by atoms with E-state index < -0.39 is 0 Å². The molecular formula is C24H29NO4. The molecule has 2 aliphatic rings. The third-order valence-corrected chi connectivity index (χ3v) is 5.82. The lowest BCUT2D eigenvalue weighted by Crippen LogP contribution is -2.34. The van der Waals surface area contributed by atoms with Crippen LogP contribution < -0.4 is 14.2 Å². The highest BCUT2D eigenvalue weighted by Gasteiger charge is 2.34. The van der Waals surface area contributed by atoms with Crippen LogP contribution in [0.2, 0.25) is 0 Å². The molecule has 2 aromatic rings. The number of benzene rings is 2. The molecule has 0 amide bonds. The highest BCUT2D eigenvalue weighted by atomic mass is 16.5.